The maximum atomic E-state index is 10.5. The molecule has 64 valence electrons. The monoisotopic (exact) mass is 184 g/mol. The van der Waals surface area contributed by atoms with Gasteiger partial charge in [0.15, 0.2) is 0 Å². The molecule has 0 aromatic heterocycles. The van der Waals surface area contributed by atoms with Gasteiger partial charge in [-0.2, -0.15) is 0 Å². The molecule has 0 fully saturated rings. The molecule has 3 heteroatoms. The van der Waals surface area contributed by atoms with Crippen LogP contribution in [-0.4, -0.2) is 11.1 Å². The normalized spacial score (nSPS) is 9.83. The Balaban J connectivity index is 3.13. The van der Waals surface area contributed by atoms with E-state index in [0.717, 1.165) is 11.1 Å². The minimum atomic E-state index is -0.915. The summed E-state index contributed by atoms with van der Waals surface area (Å²) in [5.74, 6) is -0.561. The lowest BCUT2D eigenvalue weighted by Gasteiger charge is -2.02. The van der Waals surface area contributed by atoms with Gasteiger partial charge in [0.2, 0.25) is 0 Å². The molecule has 2 nitrogen and oxygen atoms in total. The van der Waals surface area contributed by atoms with E-state index in [1.165, 1.54) is 0 Å². The highest BCUT2D eigenvalue weighted by Gasteiger charge is 2.04. The summed E-state index contributed by atoms with van der Waals surface area (Å²) in [5, 5.41) is 8.65. The van der Waals surface area contributed by atoms with E-state index in [2.05, 4.69) is 0 Å². The van der Waals surface area contributed by atoms with Crippen LogP contribution in [0.5, 0.6) is 0 Å². The molecule has 0 aliphatic rings. The van der Waals surface area contributed by atoms with Crippen LogP contribution in [-0.2, 0) is 5.88 Å². The number of hydrogen-bond donors (Lipinski definition) is 1. The molecular weight excluding hydrogens is 176 g/mol. The van der Waals surface area contributed by atoms with Gasteiger partial charge in [0, 0.05) is 5.88 Å². The second kappa shape index (κ2) is 3.59. The molecule has 0 heterocycles. The average molecular weight is 185 g/mol. The number of aromatic carboxylic acids is 1. The van der Waals surface area contributed by atoms with Gasteiger partial charge in [0.05, 0.1) is 5.56 Å². The molecule has 1 rings (SSSR count). The third-order valence-corrected chi connectivity index (χ3v) is 2.03. The van der Waals surface area contributed by atoms with Crippen molar-refractivity contribution in [2.75, 3.05) is 0 Å². The molecule has 0 atom stereocenters. The average Bonchev–Trinajstić information content (AvgIpc) is 2.05. The Morgan fingerprint density at radius 3 is 2.75 bits per heavy atom. The van der Waals surface area contributed by atoms with Crippen molar-refractivity contribution in [1.29, 1.82) is 0 Å². The van der Waals surface area contributed by atoms with Crippen molar-refractivity contribution < 1.29 is 9.90 Å². The predicted molar refractivity (Wildman–Crippen MR) is 47.7 cm³/mol. The maximum Gasteiger partial charge on any atom is 0.335 e. The molecule has 0 spiro atoms. The molecule has 12 heavy (non-hydrogen) atoms. The van der Waals surface area contributed by atoms with Gasteiger partial charge in [0.25, 0.3) is 0 Å². The Labute approximate surface area is 75.8 Å². The molecule has 1 N–H and O–H groups in total. The lowest BCUT2D eigenvalue weighted by Crippen LogP contribution is -1.97. The lowest BCUT2D eigenvalue weighted by molar-refractivity contribution is 0.0697. The van der Waals surface area contributed by atoms with Crippen LogP contribution >= 0.6 is 11.6 Å². The Kier molecular flexibility index (Phi) is 2.71. The van der Waals surface area contributed by atoms with Gasteiger partial charge < -0.3 is 5.11 Å². The van der Waals surface area contributed by atoms with Gasteiger partial charge in [0.1, 0.15) is 0 Å². The summed E-state index contributed by atoms with van der Waals surface area (Å²) in [6, 6.07) is 4.94. The number of aryl methyl sites for hydroxylation is 1. The fourth-order valence-corrected chi connectivity index (χ4v) is 1.24. The third kappa shape index (κ3) is 1.77. The Bertz CT molecular complexity index is 307. The number of carbonyl (C=O) groups is 1. The number of rotatable bonds is 2. The second-order valence-corrected chi connectivity index (χ2v) is 2.85. The van der Waals surface area contributed by atoms with Crippen molar-refractivity contribution >= 4 is 17.6 Å². The minimum absolute atomic E-state index is 0.288. The van der Waals surface area contributed by atoms with Crippen LogP contribution in [0.1, 0.15) is 21.5 Å². The smallest absolute Gasteiger partial charge is 0.335 e. The van der Waals surface area contributed by atoms with Crippen LogP contribution in [0, 0.1) is 6.92 Å². The van der Waals surface area contributed by atoms with Crippen molar-refractivity contribution in [2.24, 2.45) is 0 Å². The van der Waals surface area contributed by atoms with Crippen molar-refractivity contribution in [3.63, 3.8) is 0 Å². The largest absolute Gasteiger partial charge is 0.478 e. The number of hydrogen-bond acceptors (Lipinski definition) is 1. The first kappa shape index (κ1) is 9.07. The molecule has 0 radical (unpaired) electrons. The van der Waals surface area contributed by atoms with Gasteiger partial charge in [-0.05, 0) is 30.2 Å². The molecule has 0 aliphatic heterocycles. The third-order valence-electron chi connectivity index (χ3n) is 1.74. The Hall–Kier alpha value is -1.02. The highest BCUT2D eigenvalue weighted by Crippen LogP contribution is 2.13. The highest BCUT2D eigenvalue weighted by molar-refractivity contribution is 6.17. The zero-order valence-electron chi connectivity index (χ0n) is 6.67. The first-order valence-electron chi connectivity index (χ1n) is 3.54. The van der Waals surface area contributed by atoms with E-state index in [1.807, 2.05) is 6.92 Å². The number of benzene rings is 1. The predicted octanol–water partition coefficient (Wildman–Crippen LogP) is 2.43. The fraction of sp³-hybridized carbons (Fsp3) is 0.222. The van der Waals surface area contributed by atoms with Gasteiger partial charge in [-0.3, -0.25) is 0 Å². The summed E-state index contributed by atoms with van der Waals surface area (Å²) in [4.78, 5) is 10.5. The number of carboxylic acids is 1. The van der Waals surface area contributed by atoms with Crippen LogP contribution in [0.2, 0.25) is 0 Å². The fourth-order valence-electron chi connectivity index (χ4n) is 0.948. The van der Waals surface area contributed by atoms with E-state index in [-0.39, 0.29) is 5.56 Å². The van der Waals surface area contributed by atoms with E-state index >= 15 is 0 Å². The summed E-state index contributed by atoms with van der Waals surface area (Å²) in [6.45, 7) is 1.91. The van der Waals surface area contributed by atoms with E-state index in [1.54, 1.807) is 18.2 Å². The summed E-state index contributed by atoms with van der Waals surface area (Å²) < 4.78 is 0. The number of halogens is 1. The molecule has 0 saturated carbocycles. The van der Waals surface area contributed by atoms with Gasteiger partial charge in [-0.1, -0.05) is 6.07 Å². The van der Waals surface area contributed by atoms with Crippen LogP contribution in [0.15, 0.2) is 18.2 Å². The topological polar surface area (TPSA) is 37.3 Å². The highest BCUT2D eigenvalue weighted by atomic mass is 35.5. The molecule has 0 bridgehead atoms. The van der Waals surface area contributed by atoms with Gasteiger partial charge in [-0.15, -0.1) is 11.6 Å². The second-order valence-electron chi connectivity index (χ2n) is 2.58. The lowest BCUT2D eigenvalue weighted by atomic mass is 10.1. The van der Waals surface area contributed by atoms with Crippen LogP contribution in [0.4, 0.5) is 0 Å². The van der Waals surface area contributed by atoms with Gasteiger partial charge in [-0.25, -0.2) is 4.79 Å². The number of alkyl halides is 1. The molecule has 1 aromatic carbocycles. The first-order chi connectivity index (χ1) is 5.65. The molecule has 0 saturated heterocycles. The first-order valence-corrected chi connectivity index (χ1v) is 4.07. The quantitative estimate of drug-likeness (QED) is 0.717. The zero-order chi connectivity index (χ0) is 9.14. The SMILES string of the molecule is Cc1ccc(C(=O)O)cc1CCl. The summed E-state index contributed by atoms with van der Waals surface area (Å²) in [5.41, 5.74) is 2.18. The molecule has 0 unspecified atom stereocenters. The molecular formula is C9H9ClO2. The summed E-state index contributed by atoms with van der Waals surface area (Å²) in [7, 11) is 0. The van der Waals surface area contributed by atoms with Crippen LogP contribution in [0.25, 0.3) is 0 Å². The molecule has 0 aliphatic carbocycles. The van der Waals surface area contributed by atoms with Crippen molar-refractivity contribution in [3.8, 4) is 0 Å². The van der Waals surface area contributed by atoms with Crippen molar-refractivity contribution in [3.05, 3.63) is 34.9 Å². The minimum Gasteiger partial charge on any atom is -0.478 e. The van der Waals surface area contributed by atoms with Crippen molar-refractivity contribution in [1.82, 2.24) is 0 Å². The van der Waals surface area contributed by atoms with Crippen molar-refractivity contribution in [2.45, 2.75) is 12.8 Å². The van der Waals surface area contributed by atoms with E-state index in [4.69, 9.17) is 16.7 Å². The van der Waals surface area contributed by atoms with Crippen LogP contribution in [0.3, 0.4) is 0 Å². The Morgan fingerprint density at radius 1 is 1.58 bits per heavy atom. The van der Waals surface area contributed by atoms with E-state index in [0.29, 0.717) is 5.88 Å². The maximum absolute atomic E-state index is 10.5. The molecule has 0 amide bonds. The van der Waals surface area contributed by atoms with E-state index in [9.17, 15) is 4.79 Å². The molecule has 1 aromatic rings. The zero-order valence-corrected chi connectivity index (χ0v) is 7.43. The number of carboxylic acid groups (broad SMARTS) is 1. The standard InChI is InChI=1S/C9H9ClO2/c1-6-2-3-7(9(11)12)4-8(6)5-10/h2-4H,5H2,1H3,(H,11,12). The summed E-state index contributed by atoms with van der Waals surface area (Å²) >= 11 is 5.62. The van der Waals surface area contributed by atoms with Crippen LogP contribution < -0.4 is 0 Å². The summed E-state index contributed by atoms with van der Waals surface area (Å²) in [6.07, 6.45) is 0. The van der Waals surface area contributed by atoms with E-state index < -0.39 is 5.97 Å². The van der Waals surface area contributed by atoms with Gasteiger partial charge >= 0.3 is 5.97 Å². The Morgan fingerprint density at radius 2 is 2.25 bits per heavy atom.